The van der Waals surface area contributed by atoms with Gasteiger partial charge in [-0.2, -0.15) is 0 Å². The van der Waals surface area contributed by atoms with Crippen molar-refractivity contribution in [1.82, 2.24) is 20.5 Å². The molecular formula is C22H19N5O2. The summed E-state index contributed by atoms with van der Waals surface area (Å²) in [6.07, 6.45) is 3.45. The predicted octanol–water partition coefficient (Wildman–Crippen LogP) is 4.11. The highest BCUT2D eigenvalue weighted by Crippen LogP contribution is 2.19. The van der Waals surface area contributed by atoms with E-state index in [9.17, 15) is 4.79 Å². The fourth-order valence-corrected chi connectivity index (χ4v) is 2.80. The second-order valence-electron chi connectivity index (χ2n) is 6.45. The van der Waals surface area contributed by atoms with Gasteiger partial charge in [0, 0.05) is 29.2 Å². The van der Waals surface area contributed by atoms with Gasteiger partial charge in [0.1, 0.15) is 11.5 Å². The Morgan fingerprint density at radius 2 is 1.97 bits per heavy atom. The number of aryl methyl sites for hydroxylation is 1. The minimum absolute atomic E-state index is 0.180. The van der Waals surface area contributed by atoms with Gasteiger partial charge in [-0.15, -0.1) is 10.2 Å². The number of carbonyl (C=O) groups is 1. The van der Waals surface area contributed by atoms with Crippen LogP contribution in [-0.2, 0) is 6.54 Å². The summed E-state index contributed by atoms with van der Waals surface area (Å²) in [5.41, 5.74) is 2.93. The van der Waals surface area contributed by atoms with Crippen LogP contribution in [0.4, 0.5) is 11.5 Å². The van der Waals surface area contributed by atoms with E-state index < -0.39 is 0 Å². The molecule has 0 atom stereocenters. The molecule has 0 radical (unpaired) electrons. The molecule has 4 rings (SSSR count). The van der Waals surface area contributed by atoms with E-state index >= 15 is 0 Å². The topological polar surface area (TPSA) is 92.9 Å². The Labute approximate surface area is 167 Å². The molecule has 4 aromatic rings. The molecule has 3 heterocycles. The summed E-state index contributed by atoms with van der Waals surface area (Å²) < 4.78 is 5.47. The molecule has 2 N–H and O–H groups in total. The quantitative estimate of drug-likeness (QED) is 0.519. The lowest BCUT2D eigenvalue weighted by molar-refractivity contribution is 0.0948. The smallest absolute Gasteiger partial charge is 0.251 e. The molecule has 0 saturated carbocycles. The molecule has 7 heteroatoms. The Morgan fingerprint density at radius 3 is 2.69 bits per heavy atom. The Balaban J connectivity index is 1.41. The number of hydrogen-bond donors (Lipinski definition) is 2. The van der Waals surface area contributed by atoms with Crippen LogP contribution in [0, 0.1) is 6.92 Å². The highest BCUT2D eigenvalue weighted by atomic mass is 16.3. The average molecular weight is 385 g/mol. The third-order valence-corrected chi connectivity index (χ3v) is 4.24. The van der Waals surface area contributed by atoms with E-state index in [-0.39, 0.29) is 5.91 Å². The van der Waals surface area contributed by atoms with Gasteiger partial charge in [0.2, 0.25) is 0 Å². The standard InChI is InChI=1S/C22H19N5O2/c1-15-7-8-19(29-15)14-24-22(28)16-4-2-6-18(12-16)25-21-10-9-20(26-27-21)17-5-3-11-23-13-17/h2-13H,14H2,1H3,(H,24,28)(H,25,27). The summed E-state index contributed by atoms with van der Waals surface area (Å²) in [4.78, 5) is 16.5. The maximum absolute atomic E-state index is 12.4. The number of nitrogens with zero attached hydrogens (tertiary/aromatic N) is 3. The molecule has 0 aliphatic heterocycles. The number of nitrogens with one attached hydrogen (secondary N) is 2. The van der Waals surface area contributed by atoms with E-state index in [1.807, 2.05) is 55.5 Å². The zero-order valence-electron chi connectivity index (χ0n) is 15.8. The van der Waals surface area contributed by atoms with Crippen LogP contribution in [0.15, 0.2) is 77.5 Å². The highest BCUT2D eigenvalue weighted by Gasteiger charge is 2.08. The second kappa shape index (κ2) is 8.35. The van der Waals surface area contributed by atoms with Crippen molar-refractivity contribution >= 4 is 17.4 Å². The molecule has 144 valence electrons. The van der Waals surface area contributed by atoms with Crippen molar-refractivity contribution in [2.24, 2.45) is 0 Å². The van der Waals surface area contributed by atoms with Gasteiger partial charge >= 0.3 is 0 Å². The molecule has 0 spiro atoms. The first kappa shape index (κ1) is 18.4. The Bertz CT molecular complexity index is 1110. The van der Waals surface area contributed by atoms with E-state index in [1.165, 1.54) is 0 Å². The maximum atomic E-state index is 12.4. The van der Waals surface area contributed by atoms with Crippen LogP contribution >= 0.6 is 0 Å². The SMILES string of the molecule is Cc1ccc(CNC(=O)c2cccc(Nc3ccc(-c4cccnc4)nn3)c2)o1. The summed E-state index contributed by atoms with van der Waals surface area (Å²) in [5.74, 6) is 1.94. The number of anilines is 2. The average Bonchev–Trinajstić information content (AvgIpc) is 3.18. The summed E-state index contributed by atoms with van der Waals surface area (Å²) in [5, 5.41) is 14.4. The minimum atomic E-state index is -0.180. The first-order valence-corrected chi connectivity index (χ1v) is 9.12. The fourth-order valence-electron chi connectivity index (χ4n) is 2.80. The molecule has 0 saturated heterocycles. The van der Waals surface area contributed by atoms with Gasteiger partial charge in [-0.1, -0.05) is 6.07 Å². The number of hydrogen-bond acceptors (Lipinski definition) is 6. The normalized spacial score (nSPS) is 10.5. The molecule has 0 aliphatic carbocycles. The van der Waals surface area contributed by atoms with Crippen LogP contribution in [0.2, 0.25) is 0 Å². The summed E-state index contributed by atoms with van der Waals surface area (Å²) >= 11 is 0. The van der Waals surface area contributed by atoms with E-state index in [0.717, 1.165) is 22.7 Å². The molecule has 3 aromatic heterocycles. The van der Waals surface area contributed by atoms with Crippen molar-refractivity contribution in [2.45, 2.75) is 13.5 Å². The lowest BCUT2D eigenvalue weighted by Crippen LogP contribution is -2.22. The summed E-state index contributed by atoms with van der Waals surface area (Å²) in [7, 11) is 0. The Morgan fingerprint density at radius 1 is 1.03 bits per heavy atom. The first-order valence-electron chi connectivity index (χ1n) is 9.12. The Kier molecular flexibility index (Phi) is 5.29. The van der Waals surface area contributed by atoms with Crippen LogP contribution in [0.25, 0.3) is 11.3 Å². The van der Waals surface area contributed by atoms with Crippen LogP contribution in [0.3, 0.4) is 0 Å². The van der Waals surface area contributed by atoms with Gasteiger partial charge in [-0.05, 0) is 61.5 Å². The number of aromatic nitrogens is 3. The van der Waals surface area contributed by atoms with Crippen molar-refractivity contribution in [2.75, 3.05) is 5.32 Å². The third-order valence-electron chi connectivity index (χ3n) is 4.24. The molecular weight excluding hydrogens is 366 g/mol. The number of furan rings is 1. The molecule has 7 nitrogen and oxygen atoms in total. The van der Waals surface area contributed by atoms with E-state index in [2.05, 4.69) is 25.8 Å². The highest BCUT2D eigenvalue weighted by molar-refractivity contribution is 5.95. The molecule has 0 aliphatic rings. The second-order valence-corrected chi connectivity index (χ2v) is 6.45. The largest absolute Gasteiger partial charge is 0.465 e. The minimum Gasteiger partial charge on any atom is -0.465 e. The van der Waals surface area contributed by atoms with Gasteiger partial charge < -0.3 is 15.1 Å². The third kappa shape index (κ3) is 4.65. The number of carbonyl (C=O) groups excluding carboxylic acids is 1. The van der Waals surface area contributed by atoms with Gasteiger partial charge in [-0.3, -0.25) is 9.78 Å². The van der Waals surface area contributed by atoms with Gasteiger partial charge in [0.05, 0.1) is 12.2 Å². The van der Waals surface area contributed by atoms with Crippen LogP contribution in [-0.4, -0.2) is 21.1 Å². The summed E-state index contributed by atoms with van der Waals surface area (Å²) in [6, 6.07) is 18.4. The maximum Gasteiger partial charge on any atom is 0.251 e. The molecule has 0 fully saturated rings. The molecule has 1 amide bonds. The van der Waals surface area contributed by atoms with E-state index in [0.29, 0.717) is 23.7 Å². The molecule has 0 bridgehead atoms. The first-order chi connectivity index (χ1) is 14.2. The van der Waals surface area contributed by atoms with Crippen molar-refractivity contribution in [3.05, 3.63) is 90.1 Å². The molecule has 29 heavy (non-hydrogen) atoms. The number of rotatable bonds is 6. The van der Waals surface area contributed by atoms with E-state index in [1.54, 1.807) is 24.5 Å². The zero-order valence-corrected chi connectivity index (χ0v) is 15.8. The van der Waals surface area contributed by atoms with Crippen molar-refractivity contribution in [3.8, 4) is 11.3 Å². The van der Waals surface area contributed by atoms with Crippen molar-refractivity contribution in [3.63, 3.8) is 0 Å². The van der Waals surface area contributed by atoms with Crippen LogP contribution in [0.5, 0.6) is 0 Å². The molecule has 0 unspecified atom stereocenters. The number of benzene rings is 1. The fraction of sp³-hybridized carbons (Fsp3) is 0.0909. The van der Waals surface area contributed by atoms with Crippen LogP contribution < -0.4 is 10.6 Å². The number of amides is 1. The lowest BCUT2D eigenvalue weighted by Gasteiger charge is -2.08. The summed E-state index contributed by atoms with van der Waals surface area (Å²) in [6.45, 7) is 2.21. The Hall–Kier alpha value is -4.00. The predicted molar refractivity (Wildman–Crippen MR) is 110 cm³/mol. The van der Waals surface area contributed by atoms with Crippen molar-refractivity contribution in [1.29, 1.82) is 0 Å². The monoisotopic (exact) mass is 385 g/mol. The van der Waals surface area contributed by atoms with E-state index in [4.69, 9.17) is 4.42 Å². The number of pyridine rings is 1. The lowest BCUT2D eigenvalue weighted by atomic mass is 10.2. The van der Waals surface area contributed by atoms with Gasteiger partial charge in [-0.25, -0.2) is 0 Å². The van der Waals surface area contributed by atoms with Crippen LogP contribution in [0.1, 0.15) is 21.9 Å². The zero-order chi connectivity index (χ0) is 20.1. The van der Waals surface area contributed by atoms with Gasteiger partial charge in [0.15, 0.2) is 5.82 Å². The molecule has 1 aromatic carbocycles. The van der Waals surface area contributed by atoms with Crippen molar-refractivity contribution < 1.29 is 9.21 Å². The van der Waals surface area contributed by atoms with Gasteiger partial charge in [0.25, 0.3) is 5.91 Å².